The van der Waals surface area contributed by atoms with Crippen molar-refractivity contribution < 1.29 is 9.53 Å². The van der Waals surface area contributed by atoms with Crippen molar-refractivity contribution in [1.82, 2.24) is 14.5 Å². The predicted octanol–water partition coefficient (Wildman–Crippen LogP) is 6.81. The third kappa shape index (κ3) is 4.80. The summed E-state index contributed by atoms with van der Waals surface area (Å²) in [5.41, 5.74) is 5.25. The van der Waals surface area contributed by atoms with E-state index in [1.165, 1.54) is 0 Å². The van der Waals surface area contributed by atoms with Gasteiger partial charge in [-0.3, -0.25) is 4.90 Å². The lowest BCUT2D eigenvalue weighted by atomic mass is 9.78. The molecular weight excluding hydrogens is 484 g/mol. The first-order valence-electron chi connectivity index (χ1n) is 12.7. The van der Waals surface area contributed by atoms with Crippen LogP contribution in [-0.4, -0.2) is 32.7 Å². The molecular formula is C30H27ClN4O2. The highest BCUT2D eigenvalue weighted by molar-refractivity contribution is 6.30. The van der Waals surface area contributed by atoms with E-state index >= 15 is 0 Å². The van der Waals surface area contributed by atoms with Crippen LogP contribution in [0.15, 0.2) is 73.1 Å². The molecule has 186 valence electrons. The van der Waals surface area contributed by atoms with E-state index in [1.54, 1.807) is 6.07 Å². The molecule has 2 heterocycles. The molecule has 2 fully saturated rings. The Hall–Kier alpha value is -3.82. The summed E-state index contributed by atoms with van der Waals surface area (Å²) in [6.07, 6.45) is 5.44. The monoisotopic (exact) mass is 510 g/mol. The van der Waals surface area contributed by atoms with Gasteiger partial charge in [0.25, 0.3) is 0 Å². The molecule has 2 aliphatic rings. The number of benzene rings is 3. The number of imidazole rings is 1. The number of nitrogens with zero attached hydrogens (tertiary/aromatic N) is 4. The fourth-order valence-electron chi connectivity index (χ4n) is 5.94. The number of fused-ring (bicyclic) bond motifs is 1. The molecule has 1 saturated carbocycles. The molecule has 3 aromatic carbocycles. The first kappa shape index (κ1) is 23.6. The van der Waals surface area contributed by atoms with Crippen molar-refractivity contribution in [1.29, 1.82) is 5.26 Å². The third-order valence-corrected chi connectivity index (χ3v) is 7.84. The summed E-state index contributed by atoms with van der Waals surface area (Å²) in [4.78, 5) is 19.3. The van der Waals surface area contributed by atoms with Crippen LogP contribution in [0.3, 0.4) is 0 Å². The Morgan fingerprint density at radius 3 is 2.78 bits per heavy atom. The average molecular weight is 511 g/mol. The minimum absolute atomic E-state index is 0.236. The second kappa shape index (κ2) is 9.57. The summed E-state index contributed by atoms with van der Waals surface area (Å²) in [6, 6.07) is 23.9. The van der Waals surface area contributed by atoms with Gasteiger partial charge in [0.2, 0.25) is 0 Å². The van der Waals surface area contributed by atoms with Gasteiger partial charge in [-0.2, -0.15) is 5.26 Å². The van der Waals surface area contributed by atoms with Crippen LogP contribution in [0, 0.1) is 17.2 Å². The van der Waals surface area contributed by atoms with E-state index < -0.39 is 5.60 Å². The molecule has 1 amide bonds. The van der Waals surface area contributed by atoms with Gasteiger partial charge in [0, 0.05) is 18.1 Å². The summed E-state index contributed by atoms with van der Waals surface area (Å²) >= 11 is 6.19. The van der Waals surface area contributed by atoms with Gasteiger partial charge in [-0.1, -0.05) is 41.9 Å². The van der Waals surface area contributed by atoms with Gasteiger partial charge in [-0.25, -0.2) is 9.78 Å². The Morgan fingerprint density at radius 1 is 1.11 bits per heavy atom. The van der Waals surface area contributed by atoms with Crippen LogP contribution in [0.2, 0.25) is 5.02 Å². The molecule has 0 radical (unpaired) electrons. The highest BCUT2D eigenvalue weighted by atomic mass is 35.5. The lowest BCUT2D eigenvalue weighted by Crippen LogP contribution is -2.40. The number of carbonyl (C=O) groups excluding carboxylic acids is 1. The van der Waals surface area contributed by atoms with Crippen LogP contribution in [0.25, 0.3) is 22.2 Å². The SMILES string of the molecule is N#Cc1ccc2ncn(C[C@H]3CCC[C@]4(C3)CN(Cc3cccc(-c5cccc(Cl)c5)c3)C(=O)O4)c2c1. The minimum atomic E-state index is -0.446. The molecule has 0 unspecified atom stereocenters. The number of carbonyl (C=O) groups is 1. The van der Waals surface area contributed by atoms with Gasteiger partial charge in [0.15, 0.2) is 0 Å². The van der Waals surface area contributed by atoms with Gasteiger partial charge in [0.1, 0.15) is 5.60 Å². The Morgan fingerprint density at radius 2 is 1.95 bits per heavy atom. The third-order valence-electron chi connectivity index (χ3n) is 7.61. The highest BCUT2D eigenvalue weighted by Gasteiger charge is 2.47. The molecule has 1 aliphatic carbocycles. The maximum Gasteiger partial charge on any atom is 0.410 e. The smallest absolute Gasteiger partial charge is 0.410 e. The average Bonchev–Trinajstić information content (AvgIpc) is 3.43. The summed E-state index contributed by atoms with van der Waals surface area (Å²) < 4.78 is 8.21. The summed E-state index contributed by atoms with van der Waals surface area (Å²) in [5.74, 6) is 0.371. The molecule has 6 nitrogen and oxygen atoms in total. The van der Waals surface area contributed by atoms with E-state index in [4.69, 9.17) is 16.3 Å². The van der Waals surface area contributed by atoms with Crippen molar-refractivity contribution >= 4 is 28.7 Å². The van der Waals surface area contributed by atoms with Crippen molar-refractivity contribution in [3.05, 3.63) is 89.2 Å². The fraction of sp³-hybridized carbons (Fsp3) is 0.300. The molecule has 7 heteroatoms. The quantitative estimate of drug-likeness (QED) is 0.295. The molecule has 1 spiro atoms. The topological polar surface area (TPSA) is 71.2 Å². The van der Waals surface area contributed by atoms with Crippen LogP contribution in [-0.2, 0) is 17.8 Å². The number of amides is 1. The molecule has 1 aliphatic heterocycles. The van der Waals surface area contributed by atoms with Gasteiger partial charge in [-0.15, -0.1) is 0 Å². The van der Waals surface area contributed by atoms with E-state index in [-0.39, 0.29) is 6.09 Å². The molecule has 0 bridgehead atoms. The zero-order chi connectivity index (χ0) is 25.4. The molecule has 2 atom stereocenters. The summed E-state index contributed by atoms with van der Waals surface area (Å²) in [7, 11) is 0. The van der Waals surface area contributed by atoms with Crippen molar-refractivity contribution in [2.45, 2.75) is 44.4 Å². The minimum Gasteiger partial charge on any atom is -0.441 e. The summed E-state index contributed by atoms with van der Waals surface area (Å²) in [5, 5.41) is 9.99. The van der Waals surface area contributed by atoms with E-state index in [0.717, 1.165) is 60.0 Å². The molecule has 1 aromatic heterocycles. The van der Waals surface area contributed by atoms with Gasteiger partial charge in [0.05, 0.1) is 35.5 Å². The van der Waals surface area contributed by atoms with Crippen molar-refractivity contribution in [2.75, 3.05) is 6.54 Å². The van der Waals surface area contributed by atoms with Crippen molar-refractivity contribution in [2.24, 2.45) is 5.92 Å². The second-order valence-corrected chi connectivity index (χ2v) is 10.7. The Labute approximate surface area is 221 Å². The zero-order valence-corrected chi connectivity index (χ0v) is 21.2. The lowest BCUT2D eigenvalue weighted by molar-refractivity contribution is 0.00415. The van der Waals surface area contributed by atoms with Gasteiger partial charge < -0.3 is 9.30 Å². The van der Waals surface area contributed by atoms with Crippen LogP contribution in [0.4, 0.5) is 4.79 Å². The number of aromatic nitrogens is 2. The zero-order valence-electron chi connectivity index (χ0n) is 20.4. The van der Waals surface area contributed by atoms with Crippen molar-refractivity contribution in [3.63, 3.8) is 0 Å². The number of ether oxygens (including phenoxy) is 1. The largest absolute Gasteiger partial charge is 0.441 e. The van der Waals surface area contributed by atoms with Crippen LogP contribution in [0.1, 0.15) is 36.8 Å². The van der Waals surface area contributed by atoms with E-state index in [2.05, 4.69) is 33.8 Å². The number of hydrogen-bond donors (Lipinski definition) is 0. The molecule has 0 N–H and O–H groups in total. The first-order valence-corrected chi connectivity index (χ1v) is 13.1. The Bertz CT molecular complexity index is 1520. The fourth-order valence-corrected chi connectivity index (χ4v) is 6.13. The van der Waals surface area contributed by atoms with E-state index in [0.29, 0.717) is 29.6 Å². The molecule has 37 heavy (non-hydrogen) atoms. The molecule has 6 rings (SSSR count). The second-order valence-electron chi connectivity index (χ2n) is 10.3. The van der Waals surface area contributed by atoms with Crippen LogP contribution in [0.5, 0.6) is 0 Å². The van der Waals surface area contributed by atoms with Gasteiger partial charge in [-0.05, 0) is 84.7 Å². The van der Waals surface area contributed by atoms with Crippen molar-refractivity contribution in [3.8, 4) is 17.2 Å². The maximum atomic E-state index is 13.0. The van der Waals surface area contributed by atoms with E-state index in [1.807, 2.05) is 53.7 Å². The summed E-state index contributed by atoms with van der Waals surface area (Å²) in [6.45, 7) is 1.92. The number of halogens is 1. The van der Waals surface area contributed by atoms with Gasteiger partial charge >= 0.3 is 6.09 Å². The van der Waals surface area contributed by atoms with Crippen LogP contribution >= 0.6 is 11.6 Å². The highest BCUT2D eigenvalue weighted by Crippen LogP contribution is 2.41. The normalized spacial score (nSPS) is 21.4. The Kier molecular flexibility index (Phi) is 6.10. The predicted molar refractivity (Wildman–Crippen MR) is 143 cm³/mol. The number of rotatable bonds is 5. The first-order chi connectivity index (χ1) is 18.0. The standard InChI is InChI=1S/C30H27ClN4O2/c31-26-8-2-7-25(14-26)24-6-1-4-22(12-24)17-34-19-30(37-29(34)36)11-3-5-23(15-30)18-35-20-33-27-10-9-21(16-32)13-28(27)35/h1-2,4,6-10,12-14,20,23H,3,5,11,15,17-19H2/t23-,30-/m0/s1. The van der Waals surface area contributed by atoms with E-state index in [9.17, 15) is 10.1 Å². The Balaban J connectivity index is 1.16. The maximum absolute atomic E-state index is 13.0. The van der Waals surface area contributed by atoms with Crippen LogP contribution < -0.4 is 0 Å². The molecule has 1 saturated heterocycles. The number of hydrogen-bond acceptors (Lipinski definition) is 4. The number of nitriles is 1. The molecule has 4 aromatic rings. The lowest BCUT2D eigenvalue weighted by Gasteiger charge is -2.36.